The van der Waals surface area contributed by atoms with Crippen LogP contribution in [-0.4, -0.2) is 27.4 Å². The normalized spacial score (nSPS) is 12.2. The van der Waals surface area contributed by atoms with Gasteiger partial charge in [-0.3, -0.25) is 0 Å². The average molecular weight is 432 g/mol. The Kier molecular flexibility index (Phi) is 7.43. The summed E-state index contributed by atoms with van der Waals surface area (Å²) in [6.07, 6.45) is 4.92. The zero-order chi connectivity index (χ0) is 19.4. The quantitative estimate of drug-likeness (QED) is 0.355. The third-order valence-corrected chi connectivity index (χ3v) is 8.68. The van der Waals surface area contributed by atoms with Crippen molar-refractivity contribution in [2.75, 3.05) is 12.3 Å². The first-order valence-corrected chi connectivity index (χ1v) is 13.6. The molecule has 0 saturated heterocycles. The van der Waals surface area contributed by atoms with Crippen molar-refractivity contribution in [1.29, 1.82) is 0 Å². The van der Waals surface area contributed by atoms with E-state index in [1.807, 2.05) is 0 Å². The fraction of sp³-hybridized carbons (Fsp3) is 0.500. The van der Waals surface area contributed by atoms with Crippen molar-refractivity contribution in [2.45, 2.75) is 65.2 Å². The molecule has 2 rings (SSSR count). The average Bonchev–Trinajstić information content (AvgIpc) is 2.57. The second kappa shape index (κ2) is 8.97. The molecule has 2 aromatic carbocycles. The monoisotopic (exact) mass is 433 g/mol. The third kappa shape index (κ3) is 6.77. The minimum atomic E-state index is -0.0134. The van der Waals surface area contributed by atoms with Gasteiger partial charge >= 0.3 is 170 Å². The molecule has 0 N–H and O–H groups in total. The summed E-state index contributed by atoms with van der Waals surface area (Å²) < 4.78 is 0. The van der Waals surface area contributed by atoms with Crippen LogP contribution in [-0.2, 0) is 23.7 Å². The number of aryl methyl sites for hydroxylation is 2. The Hall–Kier alpha value is -0.741. The van der Waals surface area contributed by atoms with Crippen LogP contribution in [0.2, 0.25) is 0 Å². The van der Waals surface area contributed by atoms with E-state index in [0.717, 1.165) is 0 Å². The van der Waals surface area contributed by atoms with Gasteiger partial charge in [0, 0.05) is 0 Å². The van der Waals surface area contributed by atoms with Crippen molar-refractivity contribution in [1.82, 2.24) is 0 Å². The van der Waals surface area contributed by atoms with Gasteiger partial charge < -0.3 is 0 Å². The number of benzene rings is 2. The molecule has 0 radical (unpaired) electrons. The molecule has 26 heavy (non-hydrogen) atoms. The van der Waals surface area contributed by atoms with Crippen LogP contribution >= 0.6 is 6.17 Å². The number of rotatable bonds is 6. The number of hydrogen-bond donors (Lipinski definition) is 0. The first-order valence-electron chi connectivity index (χ1n) is 9.66. The zero-order valence-electron chi connectivity index (χ0n) is 17.3. The van der Waals surface area contributed by atoms with E-state index in [4.69, 9.17) is 0 Å². The summed E-state index contributed by atoms with van der Waals surface area (Å²) in [5.74, 6) is 0. The van der Waals surface area contributed by atoms with Gasteiger partial charge in [-0.15, -0.1) is 0 Å². The molecule has 2 aromatic rings. The summed E-state index contributed by atoms with van der Waals surface area (Å²) >= 11 is 3.45. The van der Waals surface area contributed by atoms with E-state index in [-0.39, 0.29) is 17.0 Å². The third-order valence-electron chi connectivity index (χ3n) is 4.94. The molecule has 0 aliphatic carbocycles. The van der Waals surface area contributed by atoms with Gasteiger partial charge in [0.25, 0.3) is 0 Å². The van der Waals surface area contributed by atoms with E-state index in [0.29, 0.717) is 0 Å². The predicted molar refractivity (Wildman–Crippen MR) is 120 cm³/mol. The molecular weight excluding hydrogens is 398 g/mol. The van der Waals surface area contributed by atoms with Crippen LogP contribution < -0.4 is 0 Å². The van der Waals surface area contributed by atoms with Crippen LogP contribution in [0.5, 0.6) is 0 Å². The van der Waals surface area contributed by atoms with Crippen LogP contribution in [0.15, 0.2) is 48.5 Å². The van der Waals surface area contributed by atoms with E-state index < -0.39 is 0 Å². The summed E-state index contributed by atoms with van der Waals surface area (Å²) in [4.78, 5) is 0. The Balaban J connectivity index is 1.80. The summed E-state index contributed by atoms with van der Waals surface area (Å²) in [6, 6.07) is 18.5. The molecule has 2 heteroatoms. The summed E-state index contributed by atoms with van der Waals surface area (Å²) in [7, 11) is 0. The van der Waals surface area contributed by atoms with Gasteiger partial charge in [0.2, 0.25) is 0 Å². The molecule has 0 aliphatic heterocycles. The first kappa shape index (κ1) is 21.6. The van der Waals surface area contributed by atoms with E-state index in [9.17, 15) is 0 Å². The Labute approximate surface area is 169 Å². The molecule has 0 bridgehead atoms. The van der Waals surface area contributed by atoms with Crippen LogP contribution in [0.3, 0.4) is 0 Å². The molecular formula is C24H34PSe+. The van der Waals surface area contributed by atoms with Crippen LogP contribution in [0, 0.1) is 0 Å². The van der Waals surface area contributed by atoms with Crippen LogP contribution in [0.4, 0.5) is 0 Å². The van der Waals surface area contributed by atoms with Gasteiger partial charge in [-0.25, -0.2) is 0 Å². The van der Waals surface area contributed by atoms with E-state index in [1.165, 1.54) is 47.4 Å². The van der Waals surface area contributed by atoms with Crippen molar-refractivity contribution in [3.8, 4) is 0 Å². The van der Waals surface area contributed by atoms with E-state index in [1.54, 1.807) is 0 Å². The molecule has 0 aliphatic rings. The fourth-order valence-electron chi connectivity index (χ4n) is 2.96. The number of hydrogen-bond acceptors (Lipinski definition) is 0. The van der Waals surface area contributed by atoms with Crippen LogP contribution in [0.25, 0.3) is 0 Å². The Morgan fingerprint density at radius 3 is 1.19 bits per heavy atom. The molecule has 140 valence electrons. The molecule has 0 unspecified atom stereocenters. The van der Waals surface area contributed by atoms with E-state index >= 15 is 0 Å². The predicted octanol–water partition coefficient (Wildman–Crippen LogP) is 6.63. The van der Waals surface area contributed by atoms with Gasteiger partial charge in [-0.05, 0) is 0 Å². The van der Waals surface area contributed by atoms with Gasteiger partial charge in [-0.2, -0.15) is 0 Å². The van der Waals surface area contributed by atoms with Gasteiger partial charge in [0.05, 0.1) is 0 Å². The van der Waals surface area contributed by atoms with Gasteiger partial charge in [0.15, 0.2) is 0 Å². The second-order valence-electron chi connectivity index (χ2n) is 9.32. The molecule has 0 fully saturated rings. The molecule has 0 atom stereocenters. The SMILES string of the molecule is CC(C)(C)c1ccc(CC[P+](=[Se])CCc2ccc(C(C)(C)C)cc2)cc1. The molecule has 0 nitrogen and oxygen atoms in total. The van der Waals surface area contributed by atoms with Crippen molar-refractivity contribution in [2.24, 2.45) is 0 Å². The minimum absolute atomic E-state index is 0.0134. The summed E-state index contributed by atoms with van der Waals surface area (Å²) in [6.45, 7) is 13.6. The van der Waals surface area contributed by atoms with E-state index in [2.05, 4.69) is 105 Å². The molecule has 0 spiro atoms. The van der Waals surface area contributed by atoms with Gasteiger partial charge in [-0.1, -0.05) is 0 Å². The van der Waals surface area contributed by atoms with Gasteiger partial charge in [0.1, 0.15) is 0 Å². The molecule has 0 aromatic heterocycles. The maximum atomic E-state index is 3.45. The Bertz CT molecular complexity index is 649. The summed E-state index contributed by atoms with van der Waals surface area (Å²) in [5.41, 5.74) is 6.26. The summed E-state index contributed by atoms with van der Waals surface area (Å²) in [5, 5.41) is 0. The Morgan fingerprint density at radius 1 is 0.615 bits per heavy atom. The van der Waals surface area contributed by atoms with Crippen molar-refractivity contribution < 1.29 is 0 Å². The maximum absolute atomic E-state index is 3.45. The second-order valence-corrected chi connectivity index (χ2v) is 14.4. The standard InChI is InChI=1S/C24H34PSe/c1-23(2,3)21-11-7-19(8-12-21)15-17-25(26)18-16-20-9-13-22(14-10-20)24(4,5)6/h7-14H,15-18H2,1-6H3/q+1. The van der Waals surface area contributed by atoms with Crippen molar-refractivity contribution in [3.05, 3.63) is 70.8 Å². The van der Waals surface area contributed by atoms with Crippen molar-refractivity contribution in [3.63, 3.8) is 0 Å². The topological polar surface area (TPSA) is 0 Å². The molecule has 0 heterocycles. The zero-order valence-corrected chi connectivity index (χ0v) is 19.9. The van der Waals surface area contributed by atoms with Crippen LogP contribution in [0.1, 0.15) is 63.8 Å². The Morgan fingerprint density at radius 2 is 0.923 bits per heavy atom. The van der Waals surface area contributed by atoms with Crippen molar-refractivity contribution >= 4 is 21.3 Å². The molecule has 0 saturated carbocycles. The molecule has 0 amide bonds. The first-order chi connectivity index (χ1) is 12.1. The fourth-order valence-corrected chi connectivity index (χ4v) is 5.35.